The lowest BCUT2D eigenvalue weighted by atomic mass is 10.1. The van der Waals surface area contributed by atoms with Gasteiger partial charge in [0.15, 0.2) is 5.11 Å². The van der Waals surface area contributed by atoms with Gasteiger partial charge in [0.25, 0.3) is 0 Å². The van der Waals surface area contributed by atoms with Gasteiger partial charge in [0.1, 0.15) is 6.04 Å². The molecule has 0 saturated carbocycles. The molecule has 1 aromatic rings. The molecule has 1 atom stereocenters. The Morgan fingerprint density at radius 1 is 1.11 bits per heavy atom. The van der Waals surface area contributed by atoms with Crippen molar-refractivity contribution in [2.75, 3.05) is 31.5 Å². The highest BCUT2D eigenvalue weighted by atomic mass is 32.1. The van der Waals surface area contributed by atoms with Crippen LogP contribution in [0.5, 0.6) is 0 Å². The van der Waals surface area contributed by atoms with Crippen LogP contribution in [0.2, 0.25) is 0 Å². The Balaban J connectivity index is 1.56. The number of carbonyl (C=O) groups excluding carboxylic acids is 2. The maximum Gasteiger partial charge on any atom is 0.245 e. The molecule has 2 fully saturated rings. The SMILES string of the molecule is CCc1ccc(NC(=S)NC2CCCCN(CC(=O)N3CCCC3)C2=O)cc1. The number of rotatable bonds is 5. The molecule has 7 heteroatoms. The first-order chi connectivity index (χ1) is 13.6. The van der Waals surface area contributed by atoms with Gasteiger partial charge in [0.05, 0.1) is 6.54 Å². The smallest absolute Gasteiger partial charge is 0.245 e. The Hall–Kier alpha value is -2.15. The van der Waals surface area contributed by atoms with Gasteiger partial charge in [-0.3, -0.25) is 9.59 Å². The Labute approximate surface area is 172 Å². The number of nitrogens with zero attached hydrogens (tertiary/aromatic N) is 2. The van der Waals surface area contributed by atoms with Crippen molar-refractivity contribution in [3.05, 3.63) is 29.8 Å². The summed E-state index contributed by atoms with van der Waals surface area (Å²) in [5, 5.41) is 6.76. The van der Waals surface area contributed by atoms with Crippen LogP contribution in [0, 0.1) is 0 Å². The molecule has 152 valence electrons. The molecule has 2 N–H and O–H groups in total. The molecule has 3 rings (SSSR count). The Morgan fingerprint density at radius 3 is 2.46 bits per heavy atom. The van der Waals surface area contributed by atoms with Gasteiger partial charge >= 0.3 is 0 Å². The number of likely N-dealkylation sites (tertiary alicyclic amines) is 2. The molecule has 2 amide bonds. The number of nitrogens with one attached hydrogen (secondary N) is 2. The van der Waals surface area contributed by atoms with Crippen molar-refractivity contribution in [1.29, 1.82) is 0 Å². The van der Waals surface area contributed by atoms with Crippen LogP contribution in [-0.2, 0) is 16.0 Å². The van der Waals surface area contributed by atoms with Crippen LogP contribution in [-0.4, -0.2) is 58.9 Å². The van der Waals surface area contributed by atoms with Gasteiger partial charge in [-0.1, -0.05) is 19.1 Å². The van der Waals surface area contributed by atoms with Crippen LogP contribution >= 0.6 is 12.2 Å². The van der Waals surface area contributed by atoms with Gasteiger partial charge in [0.2, 0.25) is 11.8 Å². The molecule has 0 aromatic heterocycles. The highest BCUT2D eigenvalue weighted by Crippen LogP contribution is 2.15. The summed E-state index contributed by atoms with van der Waals surface area (Å²) in [7, 11) is 0. The quantitative estimate of drug-likeness (QED) is 0.741. The van der Waals surface area contributed by atoms with Crippen molar-refractivity contribution >= 4 is 34.8 Å². The van der Waals surface area contributed by atoms with Crippen molar-refractivity contribution < 1.29 is 9.59 Å². The number of aryl methyl sites for hydroxylation is 1. The molecule has 2 heterocycles. The van der Waals surface area contributed by atoms with Gasteiger partial charge in [-0.15, -0.1) is 0 Å². The third-order valence-corrected chi connectivity index (χ3v) is 5.71. The van der Waals surface area contributed by atoms with Crippen molar-refractivity contribution in [1.82, 2.24) is 15.1 Å². The largest absolute Gasteiger partial charge is 0.351 e. The number of amides is 2. The molecule has 1 aromatic carbocycles. The molecule has 0 spiro atoms. The first-order valence-corrected chi connectivity index (χ1v) is 10.7. The van der Waals surface area contributed by atoms with Crippen LogP contribution in [0.3, 0.4) is 0 Å². The van der Waals surface area contributed by atoms with Crippen LogP contribution in [0.4, 0.5) is 5.69 Å². The summed E-state index contributed by atoms with van der Waals surface area (Å²) in [6.45, 7) is 4.55. The topological polar surface area (TPSA) is 64.7 Å². The average molecular weight is 403 g/mol. The highest BCUT2D eigenvalue weighted by Gasteiger charge is 2.30. The zero-order valence-electron chi connectivity index (χ0n) is 16.6. The van der Waals surface area contributed by atoms with Crippen molar-refractivity contribution in [3.8, 4) is 0 Å². The lowest BCUT2D eigenvalue weighted by Crippen LogP contribution is -2.51. The monoisotopic (exact) mass is 402 g/mol. The van der Waals surface area contributed by atoms with Crippen LogP contribution in [0.1, 0.15) is 44.6 Å². The molecule has 6 nitrogen and oxygen atoms in total. The molecule has 1 unspecified atom stereocenters. The number of carbonyl (C=O) groups is 2. The normalized spacial score (nSPS) is 20.0. The summed E-state index contributed by atoms with van der Waals surface area (Å²) in [6.07, 6.45) is 5.68. The first-order valence-electron chi connectivity index (χ1n) is 10.3. The molecule has 2 aliphatic heterocycles. The number of hydrogen-bond donors (Lipinski definition) is 2. The fraction of sp³-hybridized carbons (Fsp3) is 0.571. The first kappa shape index (κ1) is 20.6. The minimum absolute atomic E-state index is 0.0319. The maximum atomic E-state index is 13.0. The van der Waals surface area contributed by atoms with Crippen LogP contribution in [0.25, 0.3) is 0 Å². The summed E-state index contributed by atoms with van der Waals surface area (Å²) in [5.41, 5.74) is 2.17. The third kappa shape index (κ3) is 5.44. The second-order valence-electron chi connectivity index (χ2n) is 7.54. The van der Waals surface area contributed by atoms with Gasteiger partial charge in [0, 0.05) is 25.3 Å². The molecule has 0 bridgehead atoms. The average Bonchev–Trinajstić information content (AvgIpc) is 3.19. The summed E-state index contributed by atoms with van der Waals surface area (Å²) in [5.74, 6) is 0.0266. The Morgan fingerprint density at radius 2 is 1.79 bits per heavy atom. The highest BCUT2D eigenvalue weighted by molar-refractivity contribution is 7.80. The fourth-order valence-corrected chi connectivity index (χ4v) is 4.04. The number of benzene rings is 1. The molecular formula is C21H30N4O2S. The lowest BCUT2D eigenvalue weighted by molar-refractivity contribution is -0.140. The minimum atomic E-state index is -0.385. The zero-order chi connectivity index (χ0) is 19.9. The van der Waals surface area contributed by atoms with Gasteiger partial charge < -0.3 is 20.4 Å². The maximum absolute atomic E-state index is 13.0. The van der Waals surface area contributed by atoms with Crippen LogP contribution < -0.4 is 10.6 Å². The van der Waals surface area contributed by atoms with Gasteiger partial charge in [-0.05, 0) is 68.4 Å². The van der Waals surface area contributed by atoms with Crippen molar-refractivity contribution in [2.24, 2.45) is 0 Å². The van der Waals surface area contributed by atoms with E-state index in [1.165, 1.54) is 5.56 Å². The van der Waals surface area contributed by atoms with Gasteiger partial charge in [-0.2, -0.15) is 0 Å². The van der Waals surface area contributed by atoms with E-state index in [-0.39, 0.29) is 24.4 Å². The van der Waals surface area contributed by atoms with E-state index in [0.29, 0.717) is 11.7 Å². The van der Waals surface area contributed by atoms with E-state index in [9.17, 15) is 9.59 Å². The Kier molecular flexibility index (Phi) is 7.25. The molecule has 0 radical (unpaired) electrons. The van der Waals surface area contributed by atoms with Gasteiger partial charge in [-0.25, -0.2) is 0 Å². The zero-order valence-corrected chi connectivity index (χ0v) is 17.4. The fourth-order valence-electron chi connectivity index (χ4n) is 3.78. The summed E-state index contributed by atoms with van der Waals surface area (Å²) in [6, 6.07) is 7.72. The van der Waals surface area contributed by atoms with E-state index in [1.807, 2.05) is 17.0 Å². The molecule has 2 saturated heterocycles. The summed E-state index contributed by atoms with van der Waals surface area (Å²) in [4.78, 5) is 29.0. The number of thiocarbonyl (C=S) groups is 1. The minimum Gasteiger partial charge on any atom is -0.351 e. The van der Waals surface area contributed by atoms with Crippen molar-refractivity contribution in [2.45, 2.75) is 51.5 Å². The Bertz CT molecular complexity index is 701. The number of anilines is 1. The number of hydrogen-bond acceptors (Lipinski definition) is 3. The van der Waals surface area contributed by atoms with E-state index < -0.39 is 0 Å². The molecular weight excluding hydrogens is 372 g/mol. The van der Waals surface area contributed by atoms with Crippen LogP contribution in [0.15, 0.2) is 24.3 Å². The predicted octanol–water partition coefficient (Wildman–Crippen LogP) is 2.54. The second kappa shape index (κ2) is 9.87. The summed E-state index contributed by atoms with van der Waals surface area (Å²) < 4.78 is 0. The molecule has 28 heavy (non-hydrogen) atoms. The second-order valence-corrected chi connectivity index (χ2v) is 7.95. The van der Waals surface area contributed by atoms with E-state index >= 15 is 0 Å². The molecule has 0 aliphatic carbocycles. The van der Waals surface area contributed by atoms with E-state index in [4.69, 9.17) is 12.2 Å². The molecule has 2 aliphatic rings. The van der Waals surface area contributed by atoms with E-state index in [0.717, 1.165) is 57.3 Å². The third-order valence-electron chi connectivity index (χ3n) is 5.49. The lowest BCUT2D eigenvalue weighted by Gasteiger charge is -2.27. The summed E-state index contributed by atoms with van der Waals surface area (Å²) >= 11 is 5.42. The predicted molar refractivity (Wildman–Crippen MR) is 115 cm³/mol. The van der Waals surface area contributed by atoms with E-state index in [1.54, 1.807) is 4.90 Å². The standard InChI is InChI=1S/C21H30N4O2S/c1-2-16-8-10-17(11-9-16)22-21(28)23-18-7-3-4-14-25(20(18)27)15-19(26)24-12-5-6-13-24/h8-11,18H,2-7,12-15H2,1H3,(H2,22,23,28). The van der Waals surface area contributed by atoms with Crippen molar-refractivity contribution in [3.63, 3.8) is 0 Å². The van der Waals surface area contributed by atoms with E-state index in [2.05, 4.69) is 29.7 Å².